The number of carbonyl (C=O) groups excluding carboxylic acids is 2. The highest BCUT2D eigenvalue weighted by atomic mass is 16.2. The van der Waals surface area contributed by atoms with Gasteiger partial charge in [-0.25, -0.2) is 4.68 Å². The lowest BCUT2D eigenvalue weighted by Crippen LogP contribution is -2.45. The van der Waals surface area contributed by atoms with E-state index in [1.807, 2.05) is 60.8 Å². The third kappa shape index (κ3) is 5.03. The summed E-state index contributed by atoms with van der Waals surface area (Å²) in [6.45, 7) is 8.06. The Balaban J connectivity index is 1.52. The largest absolute Gasteiger partial charge is 0.343 e. The van der Waals surface area contributed by atoms with Crippen LogP contribution in [0.2, 0.25) is 0 Å². The highest BCUT2D eigenvalue weighted by Gasteiger charge is 2.24. The number of hydrogen-bond donors (Lipinski definition) is 1. The zero-order valence-corrected chi connectivity index (χ0v) is 17.8. The van der Waals surface area contributed by atoms with E-state index in [9.17, 15) is 9.59 Å². The summed E-state index contributed by atoms with van der Waals surface area (Å²) in [7, 11) is 1.87. The molecule has 2 amide bonds. The van der Waals surface area contributed by atoms with Crippen molar-refractivity contribution in [1.29, 1.82) is 0 Å². The fourth-order valence-electron chi connectivity index (χ4n) is 3.89. The van der Waals surface area contributed by atoms with Crippen LogP contribution in [0.4, 0.5) is 5.69 Å². The summed E-state index contributed by atoms with van der Waals surface area (Å²) in [5, 5.41) is 7.63. The summed E-state index contributed by atoms with van der Waals surface area (Å²) in [5.41, 5.74) is 3.51. The van der Waals surface area contributed by atoms with Crippen LogP contribution in [0.5, 0.6) is 0 Å². The Morgan fingerprint density at radius 2 is 1.83 bits per heavy atom. The molecule has 156 valence electrons. The number of hydrogen-bond acceptors (Lipinski definition) is 4. The Kier molecular flexibility index (Phi) is 6.69. The van der Waals surface area contributed by atoms with Crippen molar-refractivity contribution in [2.45, 2.75) is 46.1 Å². The number of nitrogens with zero attached hydrogens (tertiary/aromatic N) is 4. The molecular weight excluding hydrogens is 366 g/mol. The minimum Gasteiger partial charge on any atom is -0.343 e. The van der Waals surface area contributed by atoms with E-state index in [1.165, 1.54) is 0 Å². The molecule has 0 bridgehead atoms. The number of benzene rings is 1. The van der Waals surface area contributed by atoms with E-state index in [1.54, 1.807) is 6.92 Å². The normalized spacial score (nSPS) is 15.3. The van der Waals surface area contributed by atoms with Gasteiger partial charge in [-0.3, -0.25) is 9.59 Å². The van der Waals surface area contributed by atoms with Gasteiger partial charge in [0.05, 0.1) is 22.8 Å². The van der Waals surface area contributed by atoms with E-state index in [4.69, 9.17) is 0 Å². The van der Waals surface area contributed by atoms with Crippen molar-refractivity contribution >= 4 is 17.5 Å². The number of likely N-dealkylation sites (tertiary alicyclic amines) is 1. The first-order valence-corrected chi connectivity index (χ1v) is 10.2. The number of piperidine rings is 1. The average molecular weight is 398 g/mol. The van der Waals surface area contributed by atoms with E-state index in [2.05, 4.69) is 15.3 Å². The van der Waals surface area contributed by atoms with Crippen molar-refractivity contribution in [2.75, 3.05) is 32.0 Å². The molecule has 2 aromatic rings. The predicted molar refractivity (Wildman–Crippen MR) is 114 cm³/mol. The summed E-state index contributed by atoms with van der Waals surface area (Å²) in [6.07, 6.45) is 2.36. The van der Waals surface area contributed by atoms with Gasteiger partial charge in [0.25, 0.3) is 0 Å². The molecule has 7 heteroatoms. The number of aryl methyl sites for hydroxylation is 1. The molecule has 7 nitrogen and oxygen atoms in total. The number of nitrogens with one attached hydrogen (secondary N) is 1. The molecule has 1 aliphatic rings. The number of amides is 2. The fraction of sp³-hybridized carbons (Fsp3) is 0.500. The van der Waals surface area contributed by atoms with Gasteiger partial charge in [-0.2, -0.15) is 5.10 Å². The first-order valence-electron chi connectivity index (χ1n) is 10.2. The van der Waals surface area contributed by atoms with Crippen LogP contribution in [0.15, 0.2) is 30.3 Å². The Labute approximate surface area is 172 Å². The van der Waals surface area contributed by atoms with E-state index >= 15 is 0 Å². The van der Waals surface area contributed by atoms with E-state index in [0.717, 1.165) is 55.2 Å². The van der Waals surface area contributed by atoms with Crippen LogP contribution in [0.1, 0.15) is 37.6 Å². The second-order valence-corrected chi connectivity index (χ2v) is 7.79. The average Bonchev–Trinajstić information content (AvgIpc) is 3.01. The van der Waals surface area contributed by atoms with Crippen LogP contribution in [0.3, 0.4) is 0 Å². The van der Waals surface area contributed by atoms with Crippen molar-refractivity contribution in [2.24, 2.45) is 0 Å². The van der Waals surface area contributed by atoms with Crippen molar-refractivity contribution in [3.63, 3.8) is 0 Å². The molecule has 1 saturated heterocycles. The maximum Gasteiger partial charge on any atom is 0.225 e. The van der Waals surface area contributed by atoms with Crippen LogP contribution >= 0.6 is 0 Å². The van der Waals surface area contributed by atoms with Gasteiger partial charge in [-0.1, -0.05) is 18.2 Å². The number of anilines is 1. The van der Waals surface area contributed by atoms with Gasteiger partial charge in [0.15, 0.2) is 0 Å². The SMILES string of the molecule is CC(=O)N(C)C1CCN(CCC(=O)Nc2c(C)nn(-c3ccccc3)c2C)CC1. The summed E-state index contributed by atoms with van der Waals surface area (Å²) in [5.74, 6) is 0.122. The first kappa shape index (κ1) is 21.0. The molecule has 1 aliphatic heterocycles. The molecule has 3 rings (SSSR count). The maximum atomic E-state index is 12.5. The molecule has 0 unspecified atom stereocenters. The van der Waals surface area contributed by atoms with Gasteiger partial charge < -0.3 is 15.1 Å². The molecule has 0 saturated carbocycles. The number of para-hydroxylation sites is 1. The number of carbonyl (C=O) groups is 2. The van der Waals surface area contributed by atoms with Crippen molar-refractivity contribution in [3.8, 4) is 5.69 Å². The van der Waals surface area contributed by atoms with E-state index in [0.29, 0.717) is 12.5 Å². The zero-order valence-electron chi connectivity index (χ0n) is 17.8. The molecule has 0 atom stereocenters. The van der Waals surface area contributed by atoms with Crippen LogP contribution in [0, 0.1) is 13.8 Å². The summed E-state index contributed by atoms with van der Waals surface area (Å²) in [6, 6.07) is 10.2. The highest BCUT2D eigenvalue weighted by Crippen LogP contribution is 2.23. The monoisotopic (exact) mass is 397 g/mol. The second-order valence-electron chi connectivity index (χ2n) is 7.79. The van der Waals surface area contributed by atoms with Crippen LogP contribution < -0.4 is 5.32 Å². The van der Waals surface area contributed by atoms with Gasteiger partial charge >= 0.3 is 0 Å². The second kappa shape index (κ2) is 9.22. The molecule has 29 heavy (non-hydrogen) atoms. The smallest absolute Gasteiger partial charge is 0.225 e. The molecule has 1 aromatic heterocycles. The molecule has 0 radical (unpaired) electrons. The quantitative estimate of drug-likeness (QED) is 0.814. The summed E-state index contributed by atoms with van der Waals surface area (Å²) >= 11 is 0. The van der Waals surface area contributed by atoms with Crippen LogP contribution in [-0.4, -0.2) is 64.1 Å². The number of rotatable bonds is 6. The Morgan fingerprint density at radius 1 is 1.17 bits per heavy atom. The van der Waals surface area contributed by atoms with Gasteiger partial charge in [-0.15, -0.1) is 0 Å². The molecule has 0 spiro atoms. The minimum atomic E-state index is 0.00629. The Morgan fingerprint density at radius 3 is 2.45 bits per heavy atom. The highest BCUT2D eigenvalue weighted by molar-refractivity contribution is 5.92. The van der Waals surface area contributed by atoms with Gasteiger partial charge in [0.1, 0.15) is 0 Å². The standard InChI is InChI=1S/C22H31N5O2/c1-16-22(17(2)27(24-16)20-8-6-5-7-9-20)23-21(29)12-15-26-13-10-19(11-14-26)25(4)18(3)28/h5-9,19H,10-15H2,1-4H3,(H,23,29). The summed E-state index contributed by atoms with van der Waals surface area (Å²) < 4.78 is 1.86. The first-order chi connectivity index (χ1) is 13.9. The van der Waals surface area contributed by atoms with Gasteiger partial charge in [-0.05, 0) is 38.8 Å². The Hall–Kier alpha value is -2.67. The lowest BCUT2D eigenvalue weighted by atomic mass is 10.0. The van der Waals surface area contributed by atoms with Crippen LogP contribution in [-0.2, 0) is 9.59 Å². The van der Waals surface area contributed by atoms with Gasteiger partial charge in [0.2, 0.25) is 11.8 Å². The Bertz CT molecular complexity index is 854. The zero-order chi connectivity index (χ0) is 21.0. The molecular formula is C22H31N5O2. The predicted octanol–water partition coefficient (Wildman–Crippen LogP) is 2.76. The molecule has 0 aliphatic carbocycles. The topological polar surface area (TPSA) is 70.5 Å². The number of aromatic nitrogens is 2. The van der Waals surface area contributed by atoms with Crippen molar-refractivity contribution in [1.82, 2.24) is 19.6 Å². The third-order valence-corrected chi connectivity index (χ3v) is 5.81. The lowest BCUT2D eigenvalue weighted by molar-refractivity contribution is -0.130. The fourth-order valence-corrected chi connectivity index (χ4v) is 3.89. The summed E-state index contributed by atoms with van der Waals surface area (Å²) in [4.78, 5) is 28.2. The van der Waals surface area contributed by atoms with Crippen molar-refractivity contribution in [3.05, 3.63) is 41.7 Å². The minimum absolute atomic E-state index is 0.00629. The van der Waals surface area contributed by atoms with Crippen LogP contribution in [0.25, 0.3) is 5.69 Å². The van der Waals surface area contributed by atoms with Gasteiger partial charge in [0, 0.05) is 46.1 Å². The van der Waals surface area contributed by atoms with E-state index in [-0.39, 0.29) is 11.8 Å². The van der Waals surface area contributed by atoms with Crippen molar-refractivity contribution < 1.29 is 9.59 Å². The molecule has 2 heterocycles. The van der Waals surface area contributed by atoms with E-state index < -0.39 is 0 Å². The maximum absolute atomic E-state index is 12.5. The molecule has 1 N–H and O–H groups in total. The lowest BCUT2D eigenvalue weighted by Gasteiger charge is -2.36. The third-order valence-electron chi connectivity index (χ3n) is 5.81. The molecule has 1 aromatic carbocycles. The molecule has 1 fully saturated rings.